The first-order valence-corrected chi connectivity index (χ1v) is 15.6. The quantitative estimate of drug-likeness (QED) is 0.167. The van der Waals surface area contributed by atoms with Crippen molar-refractivity contribution in [1.82, 2.24) is 4.98 Å². The van der Waals surface area contributed by atoms with Gasteiger partial charge in [-0.1, -0.05) is 56.1 Å². The number of hydrogen-bond acceptors (Lipinski definition) is 3. The van der Waals surface area contributed by atoms with Crippen molar-refractivity contribution in [3.05, 3.63) is 157 Å². The molecule has 0 saturated carbocycles. The minimum atomic E-state index is 0.784. The van der Waals surface area contributed by atoms with Crippen LogP contribution in [0.15, 0.2) is 134 Å². The molecule has 0 saturated heterocycles. The lowest BCUT2D eigenvalue weighted by atomic mass is 9.97. The van der Waals surface area contributed by atoms with Crippen LogP contribution in [-0.4, -0.2) is 24.9 Å². The summed E-state index contributed by atoms with van der Waals surface area (Å²) < 4.78 is 12.9. The van der Waals surface area contributed by atoms with E-state index < -0.39 is 0 Å². The molecule has 4 aromatic carbocycles. The van der Waals surface area contributed by atoms with Crippen LogP contribution in [0.25, 0.3) is 17.3 Å². The number of aromatic amines is 1. The summed E-state index contributed by atoms with van der Waals surface area (Å²) in [6.07, 6.45) is 5.92. The average Bonchev–Trinajstić information content (AvgIpc) is 3.62. The largest absolute Gasteiger partial charge is 0.497 e. The van der Waals surface area contributed by atoms with Crippen molar-refractivity contribution in [2.75, 3.05) is 14.2 Å². The van der Waals surface area contributed by atoms with Gasteiger partial charge in [-0.3, -0.25) is 0 Å². The van der Waals surface area contributed by atoms with Gasteiger partial charge < -0.3 is 14.5 Å². The number of nitrogens with zero attached hydrogens (tertiary/aromatic N) is 1. The Morgan fingerprint density at radius 2 is 1.21 bits per heavy atom. The molecule has 5 aromatic rings. The third-order valence-corrected chi connectivity index (χ3v) is 8.51. The highest BCUT2D eigenvalue weighted by atomic mass is 79.9. The molecule has 0 radical (unpaired) electrons. The predicted molar refractivity (Wildman–Crippen MR) is 183 cm³/mol. The Labute approximate surface area is 269 Å². The van der Waals surface area contributed by atoms with Crippen LogP contribution in [0.5, 0.6) is 11.5 Å². The molecule has 214 valence electrons. The van der Waals surface area contributed by atoms with Gasteiger partial charge in [0.15, 0.2) is 0 Å². The Bertz CT molecular complexity index is 1810. The molecule has 1 N–H and O–H groups in total. The molecule has 1 aromatic heterocycles. The Balaban J connectivity index is 1.39. The Morgan fingerprint density at radius 3 is 1.77 bits per heavy atom. The smallest absolute Gasteiger partial charge is 0.118 e. The fraction of sp³-hybridized carbons (Fsp3) is 0.108. The van der Waals surface area contributed by atoms with E-state index in [0.717, 1.165) is 67.2 Å². The SMILES string of the molecule is COc1ccc(C2=N/C(=C/c3cc(Cc4ccc(Br)cc4)c(-c4ccc(OC)cc4)[nH]3)C=C2Cc2ccc(Br)cc2)cc1. The summed E-state index contributed by atoms with van der Waals surface area (Å²) in [4.78, 5) is 8.81. The van der Waals surface area contributed by atoms with Crippen LogP contribution in [0.3, 0.4) is 0 Å². The maximum absolute atomic E-state index is 5.40. The van der Waals surface area contributed by atoms with E-state index in [1.54, 1.807) is 14.2 Å². The maximum Gasteiger partial charge on any atom is 0.118 e. The molecule has 0 amide bonds. The molecule has 0 unspecified atom stereocenters. The van der Waals surface area contributed by atoms with Gasteiger partial charge in [-0.15, -0.1) is 0 Å². The summed E-state index contributed by atoms with van der Waals surface area (Å²) in [7, 11) is 3.37. The third kappa shape index (κ3) is 6.93. The van der Waals surface area contributed by atoms with Crippen LogP contribution in [0.4, 0.5) is 0 Å². The van der Waals surface area contributed by atoms with Gasteiger partial charge in [0.2, 0.25) is 0 Å². The first kappa shape index (κ1) is 29.0. The van der Waals surface area contributed by atoms with Crippen molar-refractivity contribution in [2.45, 2.75) is 12.8 Å². The number of H-pyrrole nitrogens is 1. The zero-order valence-electron chi connectivity index (χ0n) is 23.9. The molecular weight excluding hydrogens is 664 g/mol. The lowest BCUT2D eigenvalue weighted by Crippen LogP contribution is -2.05. The van der Waals surface area contributed by atoms with Crippen LogP contribution in [0, 0.1) is 0 Å². The predicted octanol–water partition coefficient (Wildman–Crippen LogP) is 9.83. The van der Waals surface area contributed by atoms with Crippen molar-refractivity contribution in [3.8, 4) is 22.8 Å². The van der Waals surface area contributed by atoms with Gasteiger partial charge >= 0.3 is 0 Å². The lowest BCUT2D eigenvalue weighted by Gasteiger charge is -2.08. The standard InChI is InChI=1S/C37H30Br2N2O2/c1-42-34-15-7-26(8-16-34)36-28(19-24-3-11-30(38)12-4-24)21-32(40-36)23-33-22-29(20-25-5-13-31(39)14-6-25)37(41-33)27-9-17-35(43-2)18-10-27/h3-18,21-23,40H,19-20H2,1-2H3/b33-23+. The van der Waals surface area contributed by atoms with Crippen LogP contribution >= 0.6 is 31.9 Å². The molecule has 0 aliphatic carbocycles. The van der Waals surface area contributed by atoms with Gasteiger partial charge in [-0.05, 0) is 132 Å². The molecule has 4 nitrogen and oxygen atoms in total. The Morgan fingerprint density at radius 1 is 0.674 bits per heavy atom. The van der Waals surface area contributed by atoms with E-state index in [0.29, 0.717) is 0 Å². The fourth-order valence-corrected chi connectivity index (χ4v) is 5.77. The first-order chi connectivity index (χ1) is 21.0. The summed E-state index contributed by atoms with van der Waals surface area (Å²) in [5.74, 6) is 1.66. The van der Waals surface area contributed by atoms with Crippen molar-refractivity contribution in [2.24, 2.45) is 4.99 Å². The highest BCUT2D eigenvalue weighted by Crippen LogP contribution is 2.31. The van der Waals surface area contributed by atoms with E-state index in [9.17, 15) is 0 Å². The minimum absolute atomic E-state index is 0.784. The molecule has 0 spiro atoms. The maximum atomic E-state index is 5.40. The fourth-order valence-electron chi connectivity index (χ4n) is 5.24. The summed E-state index contributed by atoms with van der Waals surface area (Å²) in [5.41, 5.74) is 11.0. The molecule has 0 bridgehead atoms. The second-order valence-corrected chi connectivity index (χ2v) is 12.2. The van der Waals surface area contributed by atoms with Gasteiger partial charge in [0.25, 0.3) is 0 Å². The summed E-state index contributed by atoms with van der Waals surface area (Å²) in [6.45, 7) is 0. The van der Waals surface area contributed by atoms with E-state index in [2.05, 4.69) is 128 Å². The molecule has 1 aliphatic rings. The second kappa shape index (κ2) is 13.0. The van der Waals surface area contributed by atoms with Gasteiger partial charge in [-0.25, -0.2) is 4.99 Å². The van der Waals surface area contributed by atoms with E-state index in [4.69, 9.17) is 14.5 Å². The zero-order valence-corrected chi connectivity index (χ0v) is 27.1. The molecular formula is C37H30Br2N2O2. The van der Waals surface area contributed by atoms with E-state index in [-0.39, 0.29) is 0 Å². The summed E-state index contributed by atoms with van der Waals surface area (Å²) >= 11 is 7.11. The Kier molecular flexibility index (Phi) is 8.77. The zero-order chi connectivity index (χ0) is 29.8. The van der Waals surface area contributed by atoms with Crippen molar-refractivity contribution in [1.29, 1.82) is 0 Å². The van der Waals surface area contributed by atoms with Gasteiger partial charge in [-0.2, -0.15) is 0 Å². The number of rotatable bonds is 9. The van der Waals surface area contributed by atoms with E-state index >= 15 is 0 Å². The van der Waals surface area contributed by atoms with Crippen LogP contribution < -0.4 is 9.47 Å². The molecule has 1 aliphatic heterocycles. The Hall–Kier alpha value is -4.13. The number of benzene rings is 4. The summed E-state index contributed by atoms with van der Waals surface area (Å²) in [6, 6.07) is 35.5. The number of aliphatic imine (C=N–C) groups is 1. The van der Waals surface area contributed by atoms with Gasteiger partial charge in [0.1, 0.15) is 11.5 Å². The monoisotopic (exact) mass is 692 g/mol. The number of ether oxygens (including phenoxy) is 2. The van der Waals surface area contributed by atoms with Crippen LogP contribution in [0.2, 0.25) is 0 Å². The number of halogens is 2. The van der Waals surface area contributed by atoms with Crippen LogP contribution in [-0.2, 0) is 12.8 Å². The molecule has 43 heavy (non-hydrogen) atoms. The van der Waals surface area contributed by atoms with E-state index in [1.807, 2.05) is 24.3 Å². The first-order valence-electron chi connectivity index (χ1n) is 14.0. The number of methoxy groups -OCH3 is 2. The second-order valence-electron chi connectivity index (χ2n) is 10.4. The number of hydrogen-bond donors (Lipinski definition) is 1. The normalized spacial score (nSPS) is 13.6. The topological polar surface area (TPSA) is 46.6 Å². The highest BCUT2D eigenvalue weighted by Gasteiger charge is 2.19. The average molecular weight is 694 g/mol. The summed E-state index contributed by atoms with van der Waals surface area (Å²) in [5, 5.41) is 0. The molecule has 0 atom stereocenters. The molecule has 6 heteroatoms. The van der Waals surface area contributed by atoms with Crippen molar-refractivity contribution < 1.29 is 9.47 Å². The lowest BCUT2D eigenvalue weighted by molar-refractivity contribution is 0.414. The van der Waals surface area contributed by atoms with Gasteiger partial charge in [0.05, 0.1) is 25.6 Å². The highest BCUT2D eigenvalue weighted by molar-refractivity contribution is 9.10. The van der Waals surface area contributed by atoms with E-state index in [1.165, 1.54) is 22.3 Å². The molecule has 0 fully saturated rings. The van der Waals surface area contributed by atoms with Crippen LogP contribution in [0.1, 0.15) is 27.9 Å². The molecule has 2 heterocycles. The molecule has 6 rings (SSSR count). The number of nitrogens with one attached hydrogen (secondary N) is 1. The van der Waals surface area contributed by atoms with Crippen molar-refractivity contribution in [3.63, 3.8) is 0 Å². The minimum Gasteiger partial charge on any atom is -0.497 e. The third-order valence-electron chi connectivity index (χ3n) is 7.45. The van der Waals surface area contributed by atoms with Crippen molar-refractivity contribution >= 4 is 43.6 Å². The number of aromatic nitrogens is 1. The van der Waals surface area contributed by atoms with Gasteiger partial charge in [0, 0.05) is 25.9 Å². The number of allylic oxidation sites excluding steroid dienone is 2.